The largest absolute Gasteiger partial charge is 0.487 e. The first kappa shape index (κ1) is 53.0. The van der Waals surface area contributed by atoms with Crippen LogP contribution in [-0.4, -0.2) is 82.3 Å². The predicted octanol–water partition coefficient (Wildman–Crippen LogP) is 8.13. The zero-order chi connectivity index (χ0) is 53.6. The zero-order valence-electron chi connectivity index (χ0n) is 43.0. The van der Waals surface area contributed by atoms with Crippen LogP contribution in [0.5, 0.6) is 17.2 Å². The van der Waals surface area contributed by atoms with Gasteiger partial charge in [-0.2, -0.15) is 5.10 Å². The maximum absolute atomic E-state index is 13.5. The maximum atomic E-state index is 13.5. The van der Waals surface area contributed by atoms with Gasteiger partial charge in [0.05, 0.1) is 71.6 Å². The average molecular weight is 1040 g/mol. The van der Waals surface area contributed by atoms with Crippen LogP contribution in [0.1, 0.15) is 82.5 Å². The van der Waals surface area contributed by atoms with Crippen molar-refractivity contribution in [2.45, 2.75) is 83.3 Å². The summed E-state index contributed by atoms with van der Waals surface area (Å²) in [6.45, 7) is 8.99. The molecule has 17 heteroatoms. The van der Waals surface area contributed by atoms with Crippen molar-refractivity contribution < 1.29 is 29.0 Å². The Labute approximate surface area is 446 Å². The number of carbonyl (C=O) groups excluding carboxylic acids is 3. The lowest BCUT2D eigenvalue weighted by Gasteiger charge is -2.38. The molecule has 1 aliphatic heterocycles. The number of likely N-dealkylation sites (tertiary alicyclic amines) is 1. The molecule has 394 valence electrons. The van der Waals surface area contributed by atoms with Gasteiger partial charge < -0.3 is 35.4 Å². The molecule has 17 nitrogen and oxygen atoms in total. The Kier molecular flexibility index (Phi) is 17.3. The van der Waals surface area contributed by atoms with Gasteiger partial charge in [0.1, 0.15) is 18.1 Å². The number of aryl methyl sites for hydroxylation is 1. The second-order valence-corrected chi connectivity index (χ2v) is 19.4. The molecule has 3 amide bonds. The number of amides is 3. The van der Waals surface area contributed by atoms with Crippen molar-refractivity contribution in [2.24, 2.45) is 0 Å². The number of rotatable bonds is 23. The highest BCUT2D eigenvalue weighted by Gasteiger charge is 2.35. The van der Waals surface area contributed by atoms with E-state index in [1.807, 2.05) is 82.6 Å². The highest BCUT2D eigenvalue weighted by atomic mass is 16.5. The first-order valence-electron chi connectivity index (χ1n) is 25.8. The van der Waals surface area contributed by atoms with Gasteiger partial charge in [0, 0.05) is 49.9 Å². The van der Waals surface area contributed by atoms with Gasteiger partial charge in [0.2, 0.25) is 11.8 Å². The Morgan fingerprint density at radius 3 is 2.31 bits per heavy atom. The lowest BCUT2D eigenvalue weighted by atomic mass is 9.90. The molecule has 0 spiro atoms. The molecular weight excluding hydrogens is 973 g/mol. The van der Waals surface area contributed by atoms with Crippen LogP contribution in [0.4, 0.5) is 5.69 Å². The Balaban J connectivity index is 0.665. The van der Waals surface area contributed by atoms with Gasteiger partial charge in [0.15, 0.2) is 5.75 Å². The Morgan fingerprint density at radius 2 is 1.55 bits per heavy atom. The Morgan fingerprint density at radius 1 is 0.818 bits per heavy atom. The molecule has 0 bridgehead atoms. The minimum Gasteiger partial charge on any atom is -0.487 e. The molecule has 0 saturated carbocycles. The molecule has 0 aliphatic carbocycles. The van der Waals surface area contributed by atoms with Crippen molar-refractivity contribution in [1.82, 2.24) is 44.8 Å². The minimum absolute atomic E-state index is 0.0836. The van der Waals surface area contributed by atoms with Gasteiger partial charge in [-0.3, -0.25) is 38.4 Å². The number of fused-ring (bicyclic) bond motifs is 1. The lowest BCUT2D eigenvalue weighted by molar-refractivity contribution is -0.136. The predicted molar refractivity (Wildman–Crippen MR) is 293 cm³/mol. The summed E-state index contributed by atoms with van der Waals surface area (Å²) in [6.07, 6.45) is 12.9. The van der Waals surface area contributed by atoms with E-state index in [0.717, 1.165) is 47.3 Å². The van der Waals surface area contributed by atoms with Crippen LogP contribution < -0.4 is 31.0 Å². The van der Waals surface area contributed by atoms with Crippen molar-refractivity contribution in [1.29, 1.82) is 0 Å². The number of ether oxygens (including phenoxy) is 2. The summed E-state index contributed by atoms with van der Waals surface area (Å²) in [7, 11) is 0. The normalized spacial score (nSPS) is 13.4. The third-order valence-electron chi connectivity index (χ3n) is 13.6. The van der Waals surface area contributed by atoms with Crippen LogP contribution in [0, 0.1) is 0 Å². The third kappa shape index (κ3) is 14.5. The van der Waals surface area contributed by atoms with E-state index in [2.05, 4.69) is 49.5 Å². The van der Waals surface area contributed by atoms with Gasteiger partial charge in [-0.05, 0) is 122 Å². The lowest BCUT2D eigenvalue weighted by Crippen LogP contribution is -2.49. The Hall–Kier alpha value is -8.80. The fourth-order valence-corrected chi connectivity index (χ4v) is 9.12. The van der Waals surface area contributed by atoms with Gasteiger partial charge in [0.25, 0.3) is 11.5 Å². The molecule has 9 rings (SSSR count). The zero-order valence-corrected chi connectivity index (χ0v) is 43.0. The number of anilines is 1. The molecule has 8 aromatic rings. The van der Waals surface area contributed by atoms with Gasteiger partial charge in [-0.1, -0.05) is 74.2 Å². The number of hydrogen-bond donors (Lipinski definition) is 4. The molecule has 1 atom stereocenters. The summed E-state index contributed by atoms with van der Waals surface area (Å²) in [4.78, 5) is 66.7. The Bertz CT molecular complexity index is 3360. The maximum Gasteiger partial charge on any atom is 0.261 e. The fourth-order valence-electron chi connectivity index (χ4n) is 9.12. The molecule has 3 aromatic heterocycles. The second-order valence-electron chi connectivity index (χ2n) is 19.4. The van der Waals surface area contributed by atoms with E-state index in [4.69, 9.17) is 9.47 Å². The summed E-state index contributed by atoms with van der Waals surface area (Å²) < 4.78 is 15.4. The SMILES string of the molecule is C=CC(=O)NCc1ccc(C(=O)Nc2ccccc2Oc2ccc(OCc3cnc(Cn4cc(CNCCCc5ccc6c(=O)n(CC7(O)CCN(C(=O)C[C@@H](C)c8ccccc8)CC7)cnc6c5)cn4)cn3)cc2)cc1. The highest BCUT2D eigenvalue weighted by molar-refractivity contribution is 6.05. The third-order valence-corrected chi connectivity index (χ3v) is 13.6. The summed E-state index contributed by atoms with van der Waals surface area (Å²) in [5.74, 6) is 1.28. The van der Waals surface area contributed by atoms with Crippen LogP contribution in [0.25, 0.3) is 10.9 Å². The number of aromatic nitrogens is 6. The summed E-state index contributed by atoms with van der Waals surface area (Å²) in [5, 5.41) is 25.6. The number of aliphatic hydroxyl groups is 1. The van der Waals surface area contributed by atoms with Crippen LogP contribution in [0.3, 0.4) is 0 Å². The molecule has 0 radical (unpaired) electrons. The molecule has 0 unspecified atom stereocenters. The van der Waals surface area contributed by atoms with E-state index >= 15 is 0 Å². The first-order valence-corrected chi connectivity index (χ1v) is 25.8. The molecule has 1 aliphatic rings. The van der Waals surface area contributed by atoms with Crippen LogP contribution in [-0.2, 0) is 48.8 Å². The number of nitrogens with zero attached hydrogens (tertiary/aromatic N) is 7. The molecular formula is C60H62N10O7. The minimum atomic E-state index is -1.10. The van der Waals surface area contributed by atoms with E-state index in [9.17, 15) is 24.3 Å². The highest BCUT2D eigenvalue weighted by Crippen LogP contribution is 2.31. The quantitative estimate of drug-likeness (QED) is 0.0354. The number of para-hydroxylation sites is 2. The van der Waals surface area contributed by atoms with Gasteiger partial charge in [-0.15, -0.1) is 0 Å². The molecule has 5 aromatic carbocycles. The molecule has 1 saturated heterocycles. The summed E-state index contributed by atoms with van der Waals surface area (Å²) in [6, 6.07) is 37.1. The number of benzene rings is 5. The summed E-state index contributed by atoms with van der Waals surface area (Å²) >= 11 is 0. The topological polar surface area (TPSA) is 208 Å². The van der Waals surface area contributed by atoms with Crippen molar-refractivity contribution in [3.63, 3.8) is 0 Å². The molecule has 4 heterocycles. The van der Waals surface area contributed by atoms with E-state index in [1.165, 1.54) is 17.0 Å². The molecule has 4 N–H and O–H groups in total. The number of hydrogen-bond acceptors (Lipinski definition) is 12. The smallest absolute Gasteiger partial charge is 0.261 e. The van der Waals surface area contributed by atoms with E-state index < -0.39 is 5.60 Å². The van der Waals surface area contributed by atoms with E-state index in [0.29, 0.717) is 97.1 Å². The van der Waals surface area contributed by atoms with Crippen LogP contribution >= 0.6 is 0 Å². The van der Waals surface area contributed by atoms with Gasteiger partial charge >= 0.3 is 0 Å². The van der Waals surface area contributed by atoms with Crippen LogP contribution in [0.2, 0.25) is 0 Å². The number of nitrogens with one attached hydrogen (secondary N) is 3. The fraction of sp³-hybridized carbons (Fsp3) is 0.267. The molecule has 77 heavy (non-hydrogen) atoms. The van der Waals surface area contributed by atoms with E-state index in [-0.39, 0.29) is 42.4 Å². The number of carbonyl (C=O) groups is 3. The monoisotopic (exact) mass is 1030 g/mol. The summed E-state index contributed by atoms with van der Waals surface area (Å²) in [5.41, 5.74) is 5.86. The first-order chi connectivity index (χ1) is 37.5. The van der Waals surface area contributed by atoms with Gasteiger partial charge in [-0.25, -0.2) is 4.98 Å². The standard InChI is InChI=1S/C60H62N10O7/c1-3-56(71)64-33-44-15-18-47(19-16-44)58(73)67-53-13-7-8-14-55(53)77-51-22-20-50(21-23-51)76-39-49-36-62-48(35-63-49)38-70-37-45(34-66-70)32-61-27-9-10-43-17-24-52-54(31-43)65-41-69(59(52)74)40-60(75)25-28-68(29-26-60)57(72)30-42(2)46-11-5-4-6-12-46/h3-8,11-24,31,34-37,41-42,61,75H,1,9-10,25-30,32-33,38-40H2,2H3,(H,64,71)(H,67,73)/t42-/m1/s1. The molecule has 1 fully saturated rings. The number of piperidine rings is 1. The second kappa shape index (κ2) is 25.2. The average Bonchev–Trinajstić information content (AvgIpc) is 3.90. The van der Waals surface area contributed by atoms with Crippen molar-refractivity contribution in [2.75, 3.05) is 25.0 Å². The van der Waals surface area contributed by atoms with Crippen molar-refractivity contribution >= 4 is 34.3 Å². The van der Waals surface area contributed by atoms with Crippen LogP contribution in [0.15, 0.2) is 170 Å². The van der Waals surface area contributed by atoms with E-state index in [1.54, 1.807) is 73.1 Å². The van der Waals surface area contributed by atoms with Crippen molar-refractivity contribution in [3.8, 4) is 17.2 Å². The van der Waals surface area contributed by atoms with Crippen molar-refractivity contribution in [3.05, 3.63) is 215 Å².